The molecule has 0 heterocycles. The summed E-state index contributed by atoms with van der Waals surface area (Å²) in [6.45, 7) is 0. The van der Waals surface area contributed by atoms with Crippen molar-refractivity contribution in [2.24, 2.45) is 0 Å². The molecule has 0 saturated heterocycles. The molecule has 7 heteroatoms. The first-order valence-electron chi connectivity index (χ1n) is 7.90. The van der Waals surface area contributed by atoms with Gasteiger partial charge in [-0.3, -0.25) is 9.59 Å². The number of methoxy groups -OCH3 is 2. The molecule has 1 unspecified atom stereocenters. The van der Waals surface area contributed by atoms with Gasteiger partial charge in [-0.25, -0.2) is 0 Å². The Morgan fingerprint density at radius 1 is 1.15 bits per heavy atom. The highest BCUT2D eigenvalue weighted by atomic mass is 35.5. The Morgan fingerprint density at radius 3 is 2.54 bits per heavy atom. The van der Waals surface area contributed by atoms with Crippen LogP contribution in [0.1, 0.15) is 23.6 Å². The minimum Gasteiger partial charge on any atom is -0.497 e. The van der Waals surface area contributed by atoms with E-state index in [1.54, 1.807) is 42.5 Å². The van der Waals surface area contributed by atoms with Crippen molar-refractivity contribution in [3.63, 3.8) is 0 Å². The summed E-state index contributed by atoms with van der Waals surface area (Å²) in [7, 11) is 3.00. The second-order valence-electron chi connectivity index (χ2n) is 5.63. The maximum atomic E-state index is 12.4. The highest BCUT2D eigenvalue weighted by Gasteiger charge is 2.22. The van der Waals surface area contributed by atoms with E-state index in [0.717, 1.165) is 5.56 Å². The monoisotopic (exact) mass is 377 g/mol. The molecule has 0 fully saturated rings. The number of ether oxygens (including phenoxy) is 2. The van der Waals surface area contributed by atoms with Gasteiger partial charge in [-0.1, -0.05) is 23.7 Å². The van der Waals surface area contributed by atoms with Crippen LogP contribution in [0, 0.1) is 0 Å². The summed E-state index contributed by atoms with van der Waals surface area (Å²) in [5, 5.41) is 12.5. The average Bonchev–Trinajstić information content (AvgIpc) is 2.60. The van der Waals surface area contributed by atoms with Crippen LogP contribution < -0.4 is 14.8 Å². The summed E-state index contributed by atoms with van der Waals surface area (Å²) < 4.78 is 10.5. The normalized spacial score (nSPS) is 11.5. The first-order valence-corrected chi connectivity index (χ1v) is 8.28. The molecule has 0 aliphatic heterocycles. The molecule has 138 valence electrons. The Morgan fingerprint density at radius 2 is 1.92 bits per heavy atom. The van der Waals surface area contributed by atoms with Gasteiger partial charge in [-0.15, -0.1) is 0 Å². The van der Waals surface area contributed by atoms with Crippen LogP contribution in [0.25, 0.3) is 0 Å². The van der Waals surface area contributed by atoms with Gasteiger partial charge in [-0.05, 0) is 29.8 Å². The number of rotatable bonds is 8. The fourth-order valence-electron chi connectivity index (χ4n) is 2.60. The Hall–Kier alpha value is -2.73. The predicted molar refractivity (Wildman–Crippen MR) is 97.8 cm³/mol. The number of carbonyl (C=O) groups is 2. The molecule has 0 spiro atoms. The third kappa shape index (κ3) is 5.39. The van der Waals surface area contributed by atoms with Crippen molar-refractivity contribution in [3.8, 4) is 11.5 Å². The van der Waals surface area contributed by atoms with Crippen molar-refractivity contribution in [2.45, 2.75) is 18.9 Å². The van der Waals surface area contributed by atoms with Gasteiger partial charge in [0.1, 0.15) is 11.5 Å². The van der Waals surface area contributed by atoms with Gasteiger partial charge < -0.3 is 19.9 Å². The van der Waals surface area contributed by atoms with Crippen LogP contribution in [0.3, 0.4) is 0 Å². The van der Waals surface area contributed by atoms with Gasteiger partial charge in [0.25, 0.3) is 0 Å². The summed E-state index contributed by atoms with van der Waals surface area (Å²) in [5.74, 6) is -0.323. The summed E-state index contributed by atoms with van der Waals surface area (Å²) in [6.07, 6.45) is -0.181. The molecule has 26 heavy (non-hydrogen) atoms. The highest BCUT2D eigenvalue weighted by Crippen LogP contribution is 2.31. The third-order valence-electron chi connectivity index (χ3n) is 3.78. The maximum Gasteiger partial charge on any atom is 0.305 e. The molecule has 0 aliphatic carbocycles. The van der Waals surface area contributed by atoms with Crippen molar-refractivity contribution >= 4 is 23.5 Å². The van der Waals surface area contributed by atoms with Crippen LogP contribution in [0.5, 0.6) is 11.5 Å². The number of aliphatic carboxylic acids is 1. The van der Waals surface area contributed by atoms with E-state index in [-0.39, 0.29) is 18.7 Å². The number of carbonyl (C=O) groups excluding carboxylic acids is 1. The van der Waals surface area contributed by atoms with Crippen molar-refractivity contribution in [1.82, 2.24) is 5.32 Å². The summed E-state index contributed by atoms with van der Waals surface area (Å²) in [4.78, 5) is 23.7. The van der Waals surface area contributed by atoms with Gasteiger partial charge in [0, 0.05) is 16.7 Å². The maximum absolute atomic E-state index is 12.4. The molecule has 1 amide bonds. The molecule has 0 saturated carbocycles. The zero-order valence-electron chi connectivity index (χ0n) is 14.5. The topological polar surface area (TPSA) is 84.9 Å². The zero-order chi connectivity index (χ0) is 19.1. The highest BCUT2D eigenvalue weighted by molar-refractivity contribution is 6.30. The first-order chi connectivity index (χ1) is 12.4. The van der Waals surface area contributed by atoms with Gasteiger partial charge in [-0.2, -0.15) is 0 Å². The van der Waals surface area contributed by atoms with Crippen LogP contribution >= 0.6 is 11.6 Å². The lowest BCUT2D eigenvalue weighted by molar-refractivity contribution is -0.137. The van der Waals surface area contributed by atoms with Crippen LogP contribution in [-0.4, -0.2) is 31.2 Å². The Kier molecular flexibility index (Phi) is 6.86. The van der Waals surface area contributed by atoms with E-state index in [1.807, 2.05) is 0 Å². The average molecular weight is 378 g/mol. The van der Waals surface area contributed by atoms with E-state index in [9.17, 15) is 14.7 Å². The van der Waals surface area contributed by atoms with E-state index >= 15 is 0 Å². The number of carboxylic acid groups (broad SMARTS) is 1. The lowest BCUT2D eigenvalue weighted by atomic mass is 10.0. The van der Waals surface area contributed by atoms with Gasteiger partial charge in [0.15, 0.2) is 0 Å². The van der Waals surface area contributed by atoms with Crippen LogP contribution in [-0.2, 0) is 16.0 Å². The zero-order valence-corrected chi connectivity index (χ0v) is 15.2. The number of benzene rings is 2. The molecule has 6 nitrogen and oxygen atoms in total. The molecule has 0 bridgehead atoms. The number of hydrogen-bond donors (Lipinski definition) is 2. The number of hydrogen-bond acceptors (Lipinski definition) is 4. The summed E-state index contributed by atoms with van der Waals surface area (Å²) in [6, 6.07) is 11.2. The first kappa shape index (κ1) is 19.6. The SMILES string of the molecule is COc1ccc(C(CC(=O)O)NC(=O)Cc2cccc(Cl)c2)c(OC)c1. The van der Waals surface area contributed by atoms with Gasteiger partial charge in [0.2, 0.25) is 5.91 Å². The van der Waals surface area contributed by atoms with Crippen molar-refractivity contribution < 1.29 is 24.2 Å². The smallest absolute Gasteiger partial charge is 0.305 e. The van der Waals surface area contributed by atoms with Crippen LogP contribution in [0.2, 0.25) is 5.02 Å². The number of halogens is 1. The van der Waals surface area contributed by atoms with E-state index in [2.05, 4.69) is 5.32 Å². The van der Waals surface area contributed by atoms with E-state index in [4.69, 9.17) is 21.1 Å². The number of carboxylic acids is 1. The van der Waals surface area contributed by atoms with E-state index < -0.39 is 12.0 Å². The fraction of sp³-hybridized carbons (Fsp3) is 0.263. The van der Waals surface area contributed by atoms with Gasteiger partial charge in [0.05, 0.1) is 33.1 Å². The van der Waals surface area contributed by atoms with Crippen molar-refractivity contribution in [1.29, 1.82) is 0 Å². The number of amides is 1. The predicted octanol–water partition coefficient (Wildman–Crippen LogP) is 3.23. The third-order valence-corrected chi connectivity index (χ3v) is 4.02. The molecule has 0 aliphatic rings. The minimum atomic E-state index is -1.03. The largest absolute Gasteiger partial charge is 0.497 e. The molecule has 0 aromatic heterocycles. The van der Waals surface area contributed by atoms with Gasteiger partial charge >= 0.3 is 5.97 Å². The van der Waals surface area contributed by atoms with E-state index in [1.165, 1.54) is 14.2 Å². The molecular formula is C19H20ClNO5. The molecule has 1 atom stereocenters. The number of nitrogens with one attached hydrogen (secondary N) is 1. The van der Waals surface area contributed by atoms with Crippen molar-refractivity contribution in [2.75, 3.05) is 14.2 Å². The minimum absolute atomic E-state index is 0.0924. The van der Waals surface area contributed by atoms with Crippen LogP contribution in [0.4, 0.5) is 0 Å². The quantitative estimate of drug-likeness (QED) is 0.737. The summed E-state index contributed by atoms with van der Waals surface area (Å²) in [5.41, 5.74) is 1.31. The summed E-state index contributed by atoms with van der Waals surface area (Å²) >= 11 is 5.93. The standard InChI is InChI=1S/C19H20ClNO5/c1-25-14-6-7-15(17(10-14)26-2)16(11-19(23)24)21-18(22)9-12-4-3-5-13(20)8-12/h3-8,10,16H,9,11H2,1-2H3,(H,21,22)(H,23,24). The Bertz CT molecular complexity index is 793. The Labute approximate surface area is 156 Å². The fourth-order valence-corrected chi connectivity index (χ4v) is 2.81. The lowest BCUT2D eigenvalue weighted by Crippen LogP contribution is -2.31. The second kappa shape index (κ2) is 9.10. The molecule has 2 N–H and O–H groups in total. The molecule has 2 aromatic carbocycles. The molecule has 2 aromatic rings. The van der Waals surface area contributed by atoms with Crippen LogP contribution in [0.15, 0.2) is 42.5 Å². The molecule has 2 rings (SSSR count). The Balaban J connectivity index is 2.22. The van der Waals surface area contributed by atoms with Crippen molar-refractivity contribution in [3.05, 3.63) is 58.6 Å². The second-order valence-corrected chi connectivity index (χ2v) is 6.07. The molecule has 0 radical (unpaired) electrons. The van der Waals surface area contributed by atoms with E-state index in [0.29, 0.717) is 22.1 Å². The lowest BCUT2D eigenvalue weighted by Gasteiger charge is -2.20. The molecular weight excluding hydrogens is 358 g/mol.